The third-order valence-corrected chi connectivity index (χ3v) is 7.83. The van der Waals surface area contributed by atoms with Crippen molar-refractivity contribution in [2.45, 2.75) is 20.3 Å². The molecule has 4 rings (SSSR count). The van der Waals surface area contributed by atoms with Gasteiger partial charge in [0.2, 0.25) is 0 Å². The van der Waals surface area contributed by atoms with Gasteiger partial charge in [0, 0.05) is 54.8 Å². The van der Waals surface area contributed by atoms with Crippen molar-refractivity contribution in [1.82, 2.24) is 14.8 Å². The molecule has 1 aromatic heterocycles. The first-order valence-corrected chi connectivity index (χ1v) is 14.9. The highest BCUT2D eigenvalue weighted by Crippen LogP contribution is 2.38. The van der Waals surface area contributed by atoms with Crippen LogP contribution in [0.2, 0.25) is 0 Å². The van der Waals surface area contributed by atoms with Crippen LogP contribution in [0.1, 0.15) is 31.4 Å². The Morgan fingerprint density at radius 2 is 1.92 bits per heavy atom. The van der Waals surface area contributed by atoms with Gasteiger partial charge < -0.3 is 19.4 Å². The Kier molecular flexibility index (Phi) is 10.2. The topological polar surface area (TPSA) is 56.6 Å². The maximum Gasteiger partial charge on any atom is 0.102 e. The molecular weight excluding hydrogens is 491 g/mol. The van der Waals surface area contributed by atoms with Crippen LogP contribution in [0.5, 0.6) is 0 Å². The number of morpholine rings is 1. The third kappa shape index (κ3) is 6.96. The van der Waals surface area contributed by atoms with Gasteiger partial charge in [-0.05, 0) is 59.2 Å². The number of nitrogens with zero attached hydrogens (tertiary/aromatic N) is 6. The molecule has 1 unspecified atom stereocenters. The second kappa shape index (κ2) is 13.8. The Hall–Kier alpha value is -2.86. The monoisotopic (exact) mass is 532 g/mol. The lowest BCUT2D eigenvalue weighted by molar-refractivity contribution is 0.0678. The molecule has 0 saturated carbocycles. The molecule has 0 bridgehead atoms. The van der Waals surface area contributed by atoms with Gasteiger partial charge in [-0.2, -0.15) is 0 Å². The average Bonchev–Trinajstić information content (AvgIpc) is 3.38. The van der Waals surface area contributed by atoms with E-state index in [1.54, 1.807) is 0 Å². The quantitative estimate of drug-likeness (QED) is 0.273. The molecule has 2 aromatic rings. The van der Waals surface area contributed by atoms with Gasteiger partial charge >= 0.3 is 0 Å². The van der Waals surface area contributed by atoms with Crippen LogP contribution in [0.25, 0.3) is 5.70 Å². The fourth-order valence-electron chi connectivity index (χ4n) is 4.90. The summed E-state index contributed by atoms with van der Waals surface area (Å²) in [6.07, 6.45) is 6.89. The SMILES string of the molecule is CC=C1/C(=C(\N=C(C)N2CCOCC2)c2cccc(C(=NCCN(C)C)PC)c2)CCN1c1cccnc1. The second-order valence-electron chi connectivity index (χ2n) is 9.74. The largest absolute Gasteiger partial charge is 0.378 e. The first-order valence-electron chi connectivity index (χ1n) is 13.4. The molecule has 38 heavy (non-hydrogen) atoms. The molecule has 2 saturated heterocycles. The summed E-state index contributed by atoms with van der Waals surface area (Å²) in [6, 6.07) is 12.9. The van der Waals surface area contributed by atoms with E-state index in [0.29, 0.717) is 8.58 Å². The molecule has 2 fully saturated rings. The molecule has 7 nitrogen and oxygen atoms in total. The van der Waals surface area contributed by atoms with Crippen LogP contribution in [0, 0.1) is 0 Å². The Labute approximate surface area is 229 Å². The van der Waals surface area contributed by atoms with Gasteiger partial charge in [-0.3, -0.25) is 9.98 Å². The summed E-state index contributed by atoms with van der Waals surface area (Å²) in [5.74, 6) is 1.04. The van der Waals surface area contributed by atoms with Crippen LogP contribution < -0.4 is 4.90 Å². The molecule has 1 aromatic carbocycles. The summed E-state index contributed by atoms with van der Waals surface area (Å²) in [5, 5.41) is 0. The van der Waals surface area contributed by atoms with Gasteiger partial charge in [-0.15, -0.1) is 0 Å². The lowest BCUT2D eigenvalue weighted by atomic mass is 10.0. The highest BCUT2D eigenvalue weighted by molar-refractivity contribution is 7.58. The number of benzene rings is 1. The molecule has 0 spiro atoms. The van der Waals surface area contributed by atoms with Crippen LogP contribution in [0.15, 0.2) is 76.1 Å². The van der Waals surface area contributed by atoms with Crippen molar-refractivity contribution in [1.29, 1.82) is 0 Å². The first kappa shape index (κ1) is 28.2. The summed E-state index contributed by atoms with van der Waals surface area (Å²) in [6.45, 7) is 12.3. The summed E-state index contributed by atoms with van der Waals surface area (Å²) < 4.78 is 5.59. The molecule has 3 heterocycles. The minimum atomic E-state index is 0.630. The number of allylic oxidation sites excluding steroid dienone is 2. The van der Waals surface area contributed by atoms with Gasteiger partial charge in [0.15, 0.2) is 0 Å². The van der Waals surface area contributed by atoms with Crippen LogP contribution in [-0.2, 0) is 4.74 Å². The standard InChI is InChI=1S/C30H41N6OP/c1-6-28-27(12-15-36(28)26-11-8-13-31-22-26)29(33-23(2)35-17-19-37-20-18-35)24-9-7-10-25(21-24)30(38-5)32-14-16-34(3)4/h6-11,13,21-22,38H,12,14-20H2,1-5H3/b28-6?,29-27-,32-30?,33-23?. The van der Waals surface area contributed by atoms with E-state index in [1.807, 2.05) is 18.5 Å². The normalized spacial score (nSPS) is 19.9. The van der Waals surface area contributed by atoms with E-state index in [9.17, 15) is 0 Å². The third-order valence-electron chi connectivity index (χ3n) is 6.91. The Morgan fingerprint density at radius 3 is 2.61 bits per heavy atom. The molecule has 1 atom stereocenters. The number of aromatic nitrogens is 1. The molecule has 0 N–H and O–H groups in total. The van der Waals surface area contributed by atoms with E-state index in [2.05, 4.69) is 90.7 Å². The van der Waals surface area contributed by atoms with Crippen molar-refractivity contribution in [2.24, 2.45) is 9.98 Å². The van der Waals surface area contributed by atoms with E-state index in [4.69, 9.17) is 14.7 Å². The number of aliphatic imine (C=N–C) groups is 2. The number of hydrogen-bond donors (Lipinski definition) is 0. The lowest BCUT2D eigenvalue weighted by Crippen LogP contribution is -2.39. The van der Waals surface area contributed by atoms with Crippen LogP contribution in [0.3, 0.4) is 0 Å². The maximum atomic E-state index is 5.59. The van der Waals surface area contributed by atoms with E-state index in [1.165, 1.54) is 22.3 Å². The fourth-order valence-corrected chi connectivity index (χ4v) is 5.62. The van der Waals surface area contributed by atoms with Crippen molar-refractivity contribution in [2.75, 3.05) is 71.6 Å². The van der Waals surface area contributed by atoms with Crippen molar-refractivity contribution in [3.8, 4) is 0 Å². The average molecular weight is 533 g/mol. The van der Waals surface area contributed by atoms with E-state index in [-0.39, 0.29) is 0 Å². The minimum absolute atomic E-state index is 0.630. The zero-order valence-corrected chi connectivity index (χ0v) is 24.4. The number of ether oxygens (including phenoxy) is 1. The van der Waals surface area contributed by atoms with Crippen molar-refractivity contribution in [3.05, 3.63) is 77.3 Å². The minimum Gasteiger partial charge on any atom is -0.378 e. The predicted molar refractivity (Wildman–Crippen MR) is 163 cm³/mol. The number of amidine groups is 1. The molecule has 0 radical (unpaired) electrons. The smallest absolute Gasteiger partial charge is 0.102 e. The number of anilines is 1. The van der Waals surface area contributed by atoms with Gasteiger partial charge in [-0.25, -0.2) is 4.99 Å². The zero-order chi connectivity index (χ0) is 26.9. The Morgan fingerprint density at radius 1 is 1.13 bits per heavy atom. The number of rotatable bonds is 8. The maximum absolute atomic E-state index is 5.59. The summed E-state index contributed by atoms with van der Waals surface area (Å²) in [5.41, 5.74) is 8.11. The zero-order valence-electron chi connectivity index (χ0n) is 23.4. The van der Waals surface area contributed by atoms with Crippen molar-refractivity contribution < 1.29 is 4.74 Å². The van der Waals surface area contributed by atoms with Crippen molar-refractivity contribution >= 4 is 31.3 Å². The van der Waals surface area contributed by atoms with Gasteiger partial charge in [0.25, 0.3) is 0 Å². The highest BCUT2D eigenvalue weighted by Gasteiger charge is 2.27. The molecule has 202 valence electrons. The molecule has 2 aliphatic rings. The Balaban J connectivity index is 1.78. The Bertz CT molecular complexity index is 1200. The summed E-state index contributed by atoms with van der Waals surface area (Å²) in [4.78, 5) is 21.5. The van der Waals surface area contributed by atoms with E-state index < -0.39 is 0 Å². The van der Waals surface area contributed by atoms with Crippen LogP contribution >= 0.6 is 8.58 Å². The van der Waals surface area contributed by atoms with E-state index in [0.717, 1.165) is 75.1 Å². The fraction of sp³-hybridized carbons (Fsp3) is 0.433. The van der Waals surface area contributed by atoms with Crippen LogP contribution in [0.4, 0.5) is 5.69 Å². The molecule has 8 heteroatoms. The number of likely N-dealkylation sites (N-methyl/N-ethyl adjacent to an activating group) is 1. The first-order chi connectivity index (χ1) is 18.5. The van der Waals surface area contributed by atoms with Crippen molar-refractivity contribution in [3.63, 3.8) is 0 Å². The number of hydrogen-bond acceptors (Lipinski definition) is 6. The van der Waals surface area contributed by atoms with Gasteiger partial charge in [0.1, 0.15) is 5.84 Å². The molecule has 0 aliphatic carbocycles. The molecular formula is C30H41N6OP. The molecule has 0 amide bonds. The molecule has 2 aliphatic heterocycles. The van der Waals surface area contributed by atoms with Crippen LogP contribution in [-0.4, -0.2) is 92.8 Å². The lowest BCUT2D eigenvalue weighted by Gasteiger charge is -2.28. The van der Waals surface area contributed by atoms with Gasteiger partial charge in [-0.1, -0.05) is 32.9 Å². The number of pyridine rings is 1. The van der Waals surface area contributed by atoms with E-state index >= 15 is 0 Å². The second-order valence-corrected chi connectivity index (χ2v) is 10.7. The summed E-state index contributed by atoms with van der Waals surface area (Å²) >= 11 is 0. The predicted octanol–water partition coefficient (Wildman–Crippen LogP) is 4.97. The summed E-state index contributed by atoms with van der Waals surface area (Å²) in [7, 11) is 4.81. The van der Waals surface area contributed by atoms with Gasteiger partial charge in [0.05, 0.1) is 42.8 Å². The highest BCUT2D eigenvalue weighted by atomic mass is 31.1.